The van der Waals surface area contributed by atoms with E-state index in [9.17, 15) is 14.3 Å². The van der Waals surface area contributed by atoms with Crippen molar-refractivity contribution in [3.05, 3.63) is 122 Å². The summed E-state index contributed by atoms with van der Waals surface area (Å²) in [4.78, 5) is 25.0. The Kier molecular flexibility index (Phi) is 41.3. The number of esters is 1. The summed E-state index contributed by atoms with van der Waals surface area (Å²) in [5.74, 6) is -0.379. The molecule has 346 valence electrons. The van der Waals surface area contributed by atoms with Crippen molar-refractivity contribution in [2.75, 3.05) is 54.1 Å². The molecule has 0 N–H and O–H groups in total. The second kappa shape index (κ2) is 43.5. The van der Waals surface area contributed by atoms with E-state index in [-0.39, 0.29) is 32.2 Å². The lowest BCUT2D eigenvalue weighted by molar-refractivity contribution is -0.870. The number of phosphoric ester groups is 1. The van der Waals surface area contributed by atoms with Gasteiger partial charge in [0.25, 0.3) is 7.82 Å². The Hall–Kier alpha value is -3.10. The average molecular weight is 868 g/mol. The zero-order valence-electron chi connectivity index (χ0n) is 39.1. The fourth-order valence-electron chi connectivity index (χ4n) is 5.48. The molecule has 0 heterocycles. The van der Waals surface area contributed by atoms with Crippen LogP contribution in [0.5, 0.6) is 0 Å². The molecule has 0 saturated heterocycles. The van der Waals surface area contributed by atoms with Crippen molar-refractivity contribution in [3.63, 3.8) is 0 Å². The van der Waals surface area contributed by atoms with Crippen molar-refractivity contribution in [1.29, 1.82) is 0 Å². The van der Waals surface area contributed by atoms with Crippen molar-refractivity contribution >= 4 is 13.8 Å². The molecule has 61 heavy (non-hydrogen) atoms. The monoisotopic (exact) mass is 868 g/mol. The summed E-state index contributed by atoms with van der Waals surface area (Å²) in [6.07, 6.45) is 62.3. The molecule has 0 aromatic carbocycles. The Morgan fingerprint density at radius 1 is 0.508 bits per heavy atom. The molecule has 0 rings (SSSR count). The number of nitrogens with zero attached hydrogens (tertiary/aromatic N) is 1. The highest BCUT2D eigenvalue weighted by atomic mass is 31.2. The van der Waals surface area contributed by atoms with Gasteiger partial charge < -0.3 is 27.9 Å². The molecule has 0 aliphatic heterocycles. The normalized spacial score (nSPS) is 14.8. The topological polar surface area (TPSA) is 94.1 Å². The molecule has 9 heteroatoms. The summed E-state index contributed by atoms with van der Waals surface area (Å²) in [5.41, 5.74) is 0. The van der Waals surface area contributed by atoms with Gasteiger partial charge in [-0.05, 0) is 103 Å². The molecule has 0 fully saturated rings. The molecule has 0 bridgehead atoms. The number of carbonyl (C=O) groups is 1. The molecule has 0 radical (unpaired) electrons. The van der Waals surface area contributed by atoms with E-state index in [1.54, 1.807) is 0 Å². The van der Waals surface area contributed by atoms with Gasteiger partial charge in [0.2, 0.25) is 0 Å². The second-order valence-corrected chi connectivity index (χ2v) is 17.4. The van der Waals surface area contributed by atoms with Gasteiger partial charge in [0.15, 0.2) is 0 Å². The zero-order valence-corrected chi connectivity index (χ0v) is 39.9. The average Bonchev–Trinajstić information content (AvgIpc) is 3.22. The number of hydrogen-bond donors (Lipinski definition) is 0. The van der Waals surface area contributed by atoms with Gasteiger partial charge in [-0.25, -0.2) is 0 Å². The highest BCUT2D eigenvalue weighted by molar-refractivity contribution is 7.45. The van der Waals surface area contributed by atoms with E-state index in [4.69, 9.17) is 18.5 Å². The van der Waals surface area contributed by atoms with Gasteiger partial charge in [0.1, 0.15) is 19.3 Å². The van der Waals surface area contributed by atoms with Crippen molar-refractivity contribution in [2.24, 2.45) is 0 Å². The van der Waals surface area contributed by atoms with Crippen LogP contribution < -0.4 is 4.89 Å². The van der Waals surface area contributed by atoms with E-state index in [2.05, 4.69) is 135 Å². The maximum atomic E-state index is 12.7. The van der Waals surface area contributed by atoms with Gasteiger partial charge in [-0.2, -0.15) is 0 Å². The Bertz CT molecular complexity index is 1380. The van der Waals surface area contributed by atoms with Gasteiger partial charge in [-0.1, -0.05) is 155 Å². The van der Waals surface area contributed by atoms with Crippen LogP contribution in [-0.4, -0.2) is 70.7 Å². The van der Waals surface area contributed by atoms with Crippen molar-refractivity contribution in [1.82, 2.24) is 0 Å². The standard InChI is InChI=1S/C52H86NO7P/c1-6-8-10-12-14-16-18-20-21-22-23-24-25-26-27-28-29-30-31-32-34-36-38-40-42-44-47-57-49-51(50-59-61(55,56)58-48-46-53(3,4)5)60-52(54)45-43-41-39-37-35-33-19-17-15-13-11-9-7-2/h8-11,14-17,20-21,23-24,26-27,29-30,32-35,51H,6-7,12-13,18-19,22,25,28,31,36-50H2,1-5H3/b10-8-,11-9-,16-14-,17-15-,21-20-,24-23-,27-26-,30-29-,34-32-,35-33-. The van der Waals surface area contributed by atoms with Gasteiger partial charge in [-0.3, -0.25) is 9.36 Å². The van der Waals surface area contributed by atoms with Gasteiger partial charge >= 0.3 is 5.97 Å². The Balaban J connectivity index is 4.28. The molecule has 0 aliphatic carbocycles. The fraction of sp³-hybridized carbons (Fsp3) is 0.596. The highest BCUT2D eigenvalue weighted by Gasteiger charge is 2.20. The number of allylic oxidation sites excluding steroid dienone is 20. The molecular formula is C52H86NO7P. The predicted molar refractivity (Wildman–Crippen MR) is 258 cm³/mol. The number of hydrogen-bond acceptors (Lipinski definition) is 7. The molecule has 0 amide bonds. The number of carbonyl (C=O) groups excluding carboxylic acids is 1. The number of rotatable bonds is 41. The number of unbranched alkanes of at least 4 members (excludes halogenated alkanes) is 7. The first-order chi connectivity index (χ1) is 29.6. The van der Waals surface area contributed by atoms with Crippen LogP contribution in [0.2, 0.25) is 0 Å². The summed E-state index contributed by atoms with van der Waals surface area (Å²) >= 11 is 0. The minimum atomic E-state index is -4.55. The van der Waals surface area contributed by atoms with E-state index >= 15 is 0 Å². The number of likely N-dealkylation sites (N-methyl/N-ethyl adjacent to an activating group) is 1. The largest absolute Gasteiger partial charge is 0.756 e. The third kappa shape index (κ3) is 47.8. The van der Waals surface area contributed by atoms with Gasteiger partial charge in [0.05, 0.1) is 34.4 Å². The summed E-state index contributed by atoms with van der Waals surface area (Å²) in [6, 6.07) is 0. The lowest BCUT2D eigenvalue weighted by Gasteiger charge is -2.28. The first-order valence-electron chi connectivity index (χ1n) is 23.3. The van der Waals surface area contributed by atoms with Crippen molar-refractivity contribution < 1.29 is 37.3 Å². The van der Waals surface area contributed by atoms with Crippen molar-refractivity contribution in [2.45, 2.75) is 148 Å². The fourth-order valence-corrected chi connectivity index (χ4v) is 6.21. The van der Waals surface area contributed by atoms with E-state index in [1.165, 1.54) is 0 Å². The maximum Gasteiger partial charge on any atom is 0.306 e. The second-order valence-electron chi connectivity index (χ2n) is 16.0. The lowest BCUT2D eigenvalue weighted by Crippen LogP contribution is -2.37. The molecule has 8 nitrogen and oxygen atoms in total. The summed E-state index contributed by atoms with van der Waals surface area (Å²) < 4.78 is 34.5. The Labute approximate surface area is 373 Å². The zero-order chi connectivity index (χ0) is 44.8. The molecular weight excluding hydrogens is 782 g/mol. The van der Waals surface area contributed by atoms with E-state index in [0.29, 0.717) is 24.1 Å². The van der Waals surface area contributed by atoms with Crippen LogP contribution in [0.1, 0.15) is 142 Å². The van der Waals surface area contributed by atoms with E-state index in [1.807, 2.05) is 21.1 Å². The van der Waals surface area contributed by atoms with Crippen LogP contribution >= 0.6 is 7.82 Å². The minimum absolute atomic E-state index is 0.00698. The third-order valence-electron chi connectivity index (χ3n) is 9.01. The molecule has 0 aromatic heterocycles. The van der Waals surface area contributed by atoms with Gasteiger partial charge in [-0.15, -0.1) is 0 Å². The summed E-state index contributed by atoms with van der Waals surface area (Å²) in [5, 5.41) is 0. The first kappa shape index (κ1) is 57.9. The van der Waals surface area contributed by atoms with Crippen molar-refractivity contribution in [3.8, 4) is 0 Å². The third-order valence-corrected chi connectivity index (χ3v) is 9.97. The predicted octanol–water partition coefficient (Wildman–Crippen LogP) is 13.5. The molecule has 0 saturated carbocycles. The molecule has 2 atom stereocenters. The quantitative estimate of drug-likeness (QED) is 0.0199. The number of phosphoric acid groups is 1. The van der Waals surface area contributed by atoms with Crippen LogP contribution in [0.25, 0.3) is 0 Å². The highest BCUT2D eigenvalue weighted by Crippen LogP contribution is 2.38. The van der Waals surface area contributed by atoms with Crippen LogP contribution in [0.3, 0.4) is 0 Å². The minimum Gasteiger partial charge on any atom is -0.756 e. The van der Waals surface area contributed by atoms with Gasteiger partial charge in [0, 0.05) is 13.0 Å². The Morgan fingerprint density at radius 3 is 1.33 bits per heavy atom. The SMILES string of the molecule is CC/C=C\C/C=C\C/C=C\C/C=C\C/C=C\C/C=C\C/C=C\CCCCCCOCC(COP(=O)([O-])OCC[N+](C)(C)C)OC(=O)CCCCC/C=C\C/C=C\C/C=C\CC. The smallest absolute Gasteiger partial charge is 0.306 e. The number of quaternary nitrogens is 1. The molecule has 2 unspecified atom stereocenters. The first-order valence-corrected chi connectivity index (χ1v) is 24.7. The lowest BCUT2D eigenvalue weighted by atomic mass is 10.1. The maximum absolute atomic E-state index is 12.7. The molecule has 0 aliphatic rings. The van der Waals surface area contributed by atoms with E-state index in [0.717, 1.165) is 116 Å². The van der Waals surface area contributed by atoms with Crippen LogP contribution in [0.4, 0.5) is 0 Å². The van der Waals surface area contributed by atoms with Crippen LogP contribution in [-0.2, 0) is 27.9 Å². The summed E-state index contributed by atoms with van der Waals surface area (Å²) in [6.45, 7) is 5.03. The molecule has 0 spiro atoms. The summed E-state index contributed by atoms with van der Waals surface area (Å²) in [7, 11) is 1.29. The molecule has 0 aromatic rings. The van der Waals surface area contributed by atoms with E-state index < -0.39 is 13.9 Å². The van der Waals surface area contributed by atoms with Crippen LogP contribution in [0, 0.1) is 0 Å². The Morgan fingerprint density at radius 2 is 0.902 bits per heavy atom. The van der Waals surface area contributed by atoms with Crippen LogP contribution in [0.15, 0.2) is 122 Å². The number of ether oxygens (including phenoxy) is 2.